The predicted molar refractivity (Wildman–Crippen MR) is 62.6 cm³/mol. The van der Waals surface area contributed by atoms with Crippen molar-refractivity contribution < 1.29 is 4.74 Å². The lowest BCUT2D eigenvalue weighted by atomic mass is 9.98. The summed E-state index contributed by atoms with van der Waals surface area (Å²) >= 11 is 0. The van der Waals surface area contributed by atoms with Gasteiger partial charge in [0.15, 0.2) is 0 Å². The van der Waals surface area contributed by atoms with Crippen LogP contribution >= 0.6 is 0 Å². The first-order valence-electron chi connectivity index (χ1n) is 5.51. The molecule has 0 saturated heterocycles. The Morgan fingerprint density at radius 3 is 2.71 bits per heavy atom. The molecular formula is C12H25NO. The Bertz CT molecular complexity index is 136. The highest BCUT2D eigenvalue weighted by Crippen LogP contribution is 2.11. The summed E-state index contributed by atoms with van der Waals surface area (Å²) in [6.45, 7) is 6.83. The summed E-state index contributed by atoms with van der Waals surface area (Å²) < 4.78 is 5.13. The van der Waals surface area contributed by atoms with Crippen LogP contribution in [0.4, 0.5) is 0 Å². The third kappa shape index (κ3) is 7.10. The number of ether oxygens (including phenoxy) is 1. The van der Waals surface area contributed by atoms with Crippen molar-refractivity contribution in [3.8, 4) is 0 Å². The zero-order chi connectivity index (χ0) is 10.8. The average molecular weight is 199 g/mol. The van der Waals surface area contributed by atoms with Crippen molar-refractivity contribution in [1.82, 2.24) is 5.32 Å². The van der Waals surface area contributed by atoms with Crippen molar-refractivity contribution in [3.05, 3.63) is 12.7 Å². The Kier molecular flexibility index (Phi) is 9.00. The molecule has 0 rings (SSSR count). The van der Waals surface area contributed by atoms with Crippen molar-refractivity contribution in [2.24, 2.45) is 5.92 Å². The lowest BCUT2D eigenvalue weighted by molar-refractivity contribution is 0.149. The van der Waals surface area contributed by atoms with Gasteiger partial charge in [-0.3, -0.25) is 0 Å². The number of nitrogens with one attached hydrogen (secondary N) is 1. The molecule has 0 aromatic rings. The van der Waals surface area contributed by atoms with E-state index in [9.17, 15) is 0 Å². The largest absolute Gasteiger partial charge is 0.384 e. The molecular weight excluding hydrogens is 174 g/mol. The Balaban J connectivity index is 3.60. The molecule has 0 saturated carbocycles. The van der Waals surface area contributed by atoms with Crippen LogP contribution < -0.4 is 5.32 Å². The molecule has 0 spiro atoms. The van der Waals surface area contributed by atoms with E-state index >= 15 is 0 Å². The predicted octanol–water partition coefficient (Wildman–Crippen LogP) is 2.60. The number of methoxy groups -OCH3 is 1. The highest BCUT2D eigenvalue weighted by Gasteiger charge is 2.10. The molecule has 0 aromatic heterocycles. The van der Waals surface area contributed by atoms with Crippen molar-refractivity contribution in [1.29, 1.82) is 0 Å². The minimum absolute atomic E-state index is 0.625. The maximum atomic E-state index is 5.13. The highest BCUT2D eigenvalue weighted by molar-refractivity contribution is 4.72. The zero-order valence-corrected chi connectivity index (χ0v) is 9.88. The first-order chi connectivity index (χ1) is 6.74. The maximum Gasteiger partial charge on any atom is 0.0488 e. The maximum absolute atomic E-state index is 5.13. The van der Waals surface area contributed by atoms with Crippen LogP contribution in [0, 0.1) is 5.92 Å². The molecule has 0 aliphatic heterocycles. The first-order valence-corrected chi connectivity index (χ1v) is 5.51. The molecule has 14 heavy (non-hydrogen) atoms. The van der Waals surface area contributed by atoms with E-state index in [0.29, 0.717) is 12.0 Å². The SMILES string of the molecule is C=CCCCC(CC(C)COC)NC. The zero-order valence-electron chi connectivity index (χ0n) is 9.88. The van der Waals surface area contributed by atoms with Crippen LogP contribution in [0.25, 0.3) is 0 Å². The Morgan fingerprint density at radius 1 is 1.50 bits per heavy atom. The third-order valence-electron chi connectivity index (χ3n) is 2.51. The van der Waals surface area contributed by atoms with E-state index < -0.39 is 0 Å². The van der Waals surface area contributed by atoms with E-state index in [1.165, 1.54) is 19.3 Å². The van der Waals surface area contributed by atoms with Gasteiger partial charge in [0, 0.05) is 19.8 Å². The van der Waals surface area contributed by atoms with Gasteiger partial charge < -0.3 is 10.1 Å². The van der Waals surface area contributed by atoms with Crippen molar-refractivity contribution in [2.75, 3.05) is 20.8 Å². The minimum Gasteiger partial charge on any atom is -0.384 e. The Morgan fingerprint density at radius 2 is 2.21 bits per heavy atom. The lowest BCUT2D eigenvalue weighted by Gasteiger charge is -2.19. The van der Waals surface area contributed by atoms with E-state index in [2.05, 4.69) is 18.8 Å². The van der Waals surface area contributed by atoms with Gasteiger partial charge in [-0.15, -0.1) is 6.58 Å². The molecule has 0 heterocycles. The quantitative estimate of drug-likeness (QED) is 0.455. The topological polar surface area (TPSA) is 21.3 Å². The molecule has 0 aromatic carbocycles. The summed E-state index contributed by atoms with van der Waals surface area (Å²) in [7, 11) is 3.81. The van der Waals surface area contributed by atoms with Gasteiger partial charge in [0.25, 0.3) is 0 Å². The second-order valence-electron chi connectivity index (χ2n) is 4.00. The van der Waals surface area contributed by atoms with Crippen molar-refractivity contribution in [3.63, 3.8) is 0 Å². The van der Waals surface area contributed by atoms with Gasteiger partial charge in [0.05, 0.1) is 0 Å². The van der Waals surface area contributed by atoms with Gasteiger partial charge in [-0.05, 0) is 38.6 Å². The lowest BCUT2D eigenvalue weighted by Crippen LogP contribution is -2.28. The molecule has 2 nitrogen and oxygen atoms in total. The minimum atomic E-state index is 0.625. The summed E-state index contributed by atoms with van der Waals surface area (Å²) in [5.74, 6) is 0.640. The number of rotatable bonds is 9. The summed E-state index contributed by atoms with van der Waals surface area (Å²) in [6, 6.07) is 0.625. The molecule has 0 aliphatic rings. The van der Waals surface area contributed by atoms with E-state index in [1.54, 1.807) is 7.11 Å². The standard InChI is InChI=1S/C12H25NO/c1-5-6-7-8-12(13-3)9-11(2)10-14-4/h5,11-13H,1,6-10H2,2-4H3. The third-order valence-corrected chi connectivity index (χ3v) is 2.51. The second kappa shape index (κ2) is 9.22. The van der Waals surface area contributed by atoms with Gasteiger partial charge in [-0.2, -0.15) is 0 Å². The van der Waals surface area contributed by atoms with Gasteiger partial charge >= 0.3 is 0 Å². The van der Waals surface area contributed by atoms with Crippen LogP contribution in [0.1, 0.15) is 32.6 Å². The van der Waals surface area contributed by atoms with Crippen LogP contribution in [0.15, 0.2) is 12.7 Å². The number of allylic oxidation sites excluding steroid dienone is 1. The second-order valence-corrected chi connectivity index (χ2v) is 4.00. The summed E-state index contributed by atoms with van der Waals surface area (Å²) in [4.78, 5) is 0. The number of hydrogen-bond donors (Lipinski definition) is 1. The molecule has 1 N–H and O–H groups in total. The monoisotopic (exact) mass is 199 g/mol. The molecule has 0 radical (unpaired) electrons. The molecule has 2 atom stereocenters. The summed E-state index contributed by atoms with van der Waals surface area (Å²) in [5, 5.41) is 3.36. The normalized spacial score (nSPS) is 15.1. The molecule has 0 amide bonds. The fourth-order valence-corrected chi connectivity index (χ4v) is 1.73. The van der Waals surface area contributed by atoms with Crippen LogP contribution in [-0.4, -0.2) is 26.8 Å². The van der Waals surface area contributed by atoms with Crippen LogP contribution in [0.2, 0.25) is 0 Å². The van der Waals surface area contributed by atoms with Gasteiger partial charge in [0.1, 0.15) is 0 Å². The molecule has 0 aliphatic carbocycles. The van der Waals surface area contributed by atoms with Crippen molar-refractivity contribution >= 4 is 0 Å². The summed E-state index contributed by atoms with van der Waals surface area (Å²) in [5.41, 5.74) is 0. The van der Waals surface area contributed by atoms with Gasteiger partial charge in [0.2, 0.25) is 0 Å². The fourth-order valence-electron chi connectivity index (χ4n) is 1.73. The summed E-state index contributed by atoms with van der Waals surface area (Å²) in [6.07, 6.45) is 6.77. The van der Waals surface area contributed by atoms with E-state index in [-0.39, 0.29) is 0 Å². The molecule has 84 valence electrons. The molecule has 2 heteroatoms. The fraction of sp³-hybridized carbons (Fsp3) is 0.833. The highest BCUT2D eigenvalue weighted by atomic mass is 16.5. The van der Waals surface area contributed by atoms with Crippen LogP contribution in [0.3, 0.4) is 0 Å². The van der Waals surface area contributed by atoms with Crippen LogP contribution in [-0.2, 0) is 4.74 Å². The van der Waals surface area contributed by atoms with Gasteiger partial charge in [-0.25, -0.2) is 0 Å². The van der Waals surface area contributed by atoms with Gasteiger partial charge in [-0.1, -0.05) is 13.0 Å². The molecule has 0 fully saturated rings. The average Bonchev–Trinajstić information content (AvgIpc) is 2.17. The molecule has 2 unspecified atom stereocenters. The molecule has 0 bridgehead atoms. The van der Waals surface area contributed by atoms with E-state index in [1.807, 2.05) is 13.1 Å². The Hall–Kier alpha value is -0.340. The Labute approximate surface area is 88.7 Å². The van der Waals surface area contributed by atoms with E-state index in [0.717, 1.165) is 13.0 Å². The van der Waals surface area contributed by atoms with Crippen LogP contribution in [0.5, 0.6) is 0 Å². The first kappa shape index (κ1) is 13.7. The number of hydrogen-bond acceptors (Lipinski definition) is 2. The van der Waals surface area contributed by atoms with E-state index in [4.69, 9.17) is 4.74 Å². The van der Waals surface area contributed by atoms with Crippen molar-refractivity contribution in [2.45, 2.75) is 38.6 Å². The smallest absolute Gasteiger partial charge is 0.0488 e. The number of unbranched alkanes of at least 4 members (excludes halogenated alkanes) is 1.